The molecule has 0 aliphatic carbocycles. The largest absolute Gasteiger partial charge is 0.497 e. The normalized spacial score (nSPS) is 18.9. The Labute approximate surface area is 300 Å². The summed E-state index contributed by atoms with van der Waals surface area (Å²) in [4.78, 5) is 36.6. The molecule has 274 valence electrons. The second kappa shape index (κ2) is 16.0. The molecule has 4 atom stereocenters. The van der Waals surface area contributed by atoms with E-state index in [9.17, 15) is 14.7 Å². The van der Waals surface area contributed by atoms with E-state index in [-0.39, 0.29) is 48.8 Å². The van der Waals surface area contributed by atoms with Gasteiger partial charge in [-0.25, -0.2) is 4.98 Å². The molecule has 1 aliphatic rings. The van der Waals surface area contributed by atoms with Crippen LogP contribution in [0.4, 0.5) is 5.95 Å². The highest BCUT2D eigenvalue weighted by atomic mass is 16.6. The number of anilines is 1. The maximum Gasteiger partial charge on any atom is 0.280 e. The summed E-state index contributed by atoms with van der Waals surface area (Å²) in [5.74, 6) is 0.638. The number of imidazole rings is 1. The number of methoxy groups -OCH3 is 3. The summed E-state index contributed by atoms with van der Waals surface area (Å²) in [5, 5.41) is 14.4. The van der Waals surface area contributed by atoms with Gasteiger partial charge in [0.05, 0.1) is 40.4 Å². The summed E-state index contributed by atoms with van der Waals surface area (Å²) >= 11 is 0. The molecule has 0 bridgehead atoms. The zero-order valence-corrected chi connectivity index (χ0v) is 29.6. The van der Waals surface area contributed by atoms with E-state index in [1.807, 2.05) is 78.9 Å². The number of hydrogen-bond acceptors (Lipinski definition) is 11. The van der Waals surface area contributed by atoms with Crippen LogP contribution in [0.1, 0.15) is 36.8 Å². The summed E-state index contributed by atoms with van der Waals surface area (Å²) in [6.45, 7) is 3.84. The Hall–Kier alpha value is -5.12. The van der Waals surface area contributed by atoms with E-state index in [2.05, 4.69) is 20.3 Å². The molecular weight excluding hydrogens is 670 g/mol. The van der Waals surface area contributed by atoms with Crippen LogP contribution in [0, 0.1) is 5.92 Å². The average molecular weight is 714 g/mol. The van der Waals surface area contributed by atoms with Crippen LogP contribution in [-0.4, -0.2) is 90.0 Å². The second-order valence-corrected chi connectivity index (χ2v) is 12.6. The monoisotopic (exact) mass is 713 g/mol. The smallest absolute Gasteiger partial charge is 0.280 e. The fourth-order valence-electron chi connectivity index (χ4n) is 6.27. The van der Waals surface area contributed by atoms with E-state index in [4.69, 9.17) is 28.4 Å². The molecule has 2 aromatic heterocycles. The van der Waals surface area contributed by atoms with E-state index in [0.717, 1.165) is 16.7 Å². The van der Waals surface area contributed by atoms with Gasteiger partial charge in [0, 0.05) is 13.0 Å². The molecule has 0 spiro atoms. The number of aromatic amines is 1. The van der Waals surface area contributed by atoms with Crippen molar-refractivity contribution >= 4 is 23.0 Å². The Morgan fingerprint density at radius 3 is 2.13 bits per heavy atom. The maximum absolute atomic E-state index is 13.0. The highest BCUT2D eigenvalue weighted by molar-refractivity contribution is 5.91. The lowest BCUT2D eigenvalue weighted by Gasteiger charge is -2.37. The lowest BCUT2D eigenvalue weighted by molar-refractivity contribution is -0.118. The Kier molecular flexibility index (Phi) is 11.3. The molecule has 0 unspecified atom stereocenters. The molecule has 0 radical (unpaired) electrons. The molecule has 3 aromatic carbocycles. The Morgan fingerprint density at radius 1 is 0.942 bits per heavy atom. The van der Waals surface area contributed by atoms with Gasteiger partial charge >= 0.3 is 0 Å². The number of aromatic nitrogens is 4. The molecule has 1 saturated heterocycles. The van der Waals surface area contributed by atoms with Crippen LogP contribution in [0.15, 0.2) is 90.0 Å². The van der Waals surface area contributed by atoms with Crippen molar-refractivity contribution in [3.8, 4) is 11.5 Å². The third-order valence-corrected chi connectivity index (χ3v) is 9.02. The van der Waals surface area contributed by atoms with Crippen molar-refractivity contribution in [2.45, 2.75) is 44.0 Å². The van der Waals surface area contributed by atoms with Crippen LogP contribution in [0.3, 0.4) is 0 Å². The first kappa shape index (κ1) is 36.7. The number of amides is 1. The van der Waals surface area contributed by atoms with E-state index in [1.165, 1.54) is 10.9 Å². The van der Waals surface area contributed by atoms with Gasteiger partial charge in [0.25, 0.3) is 5.56 Å². The maximum atomic E-state index is 13.0. The van der Waals surface area contributed by atoms with Crippen molar-refractivity contribution < 1.29 is 38.3 Å². The minimum atomic E-state index is -1.24. The number of aliphatic hydroxyl groups excluding tert-OH is 1. The number of carbonyl (C=O) groups excluding carboxylic acids is 1. The van der Waals surface area contributed by atoms with Gasteiger partial charge in [-0.2, -0.15) is 4.98 Å². The number of hydrogen-bond donors (Lipinski definition) is 3. The van der Waals surface area contributed by atoms with E-state index >= 15 is 0 Å². The highest BCUT2D eigenvalue weighted by Crippen LogP contribution is 2.43. The zero-order chi connectivity index (χ0) is 36.8. The molecule has 6 rings (SSSR count). The molecule has 3 heterocycles. The molecule has 52 heavy (non-hydrogen) atoms. The number of aliphatic hydroxyl groups is 1. The Morgan fingerprint density at radius 2 is 1.56 bits per heavy atom. The zero-order valence-electron chi connectivity index (χ0n) is 29.6. The topological polar surface area (TPSA) is 168 Å². The predicted octanol–water partition coefficient (Wildman–Crippen LogP) is 4.03. The Balaban J connectivity index is 1.40. The number of fused-ring (bicyclic) bond motifs is 1. The standard InChI is InChI=1S/C38H43N5O9/c1-23(2)34(45)41-37-40-33-30(35(46)42-37)39-22-43(33)36-31(44)32(50-20-19-47-3)29(52-36)21-51-38(24-9-7-6-8-10-24,25-11-15-27(48-4)16-12-25)26-13-17-28(49-5)18-14-26/h6-18,22-23,29,31-32,36,44H,19-21H2,1-5H3,(H2,40,41,42,45,46)/t29-,31-,32-,36-/m1/s1. The number of carbonyl (C=O) groups is 1. The first-order valence-electron chi connectivity index (χ1n) is 16.9. The molecule has 3 N–H and O–H groups in total. The van der Waals surface area contributed by atoms with Crippen molar-refractivity contribution in [2.24, 2.45) is 5.92 Å². The lowest BCUT2D eigenvalue weighted by Crippen LogP contribution is -2.41. The summed E-state index contributed by atoms with van der Waals surface area (Å²) in [5.41, 5.74) is 0.875. The van der Waals surface area contributed by atoms with Gasteiger partial charge in [0.2, 0.25) is 11.9 Å². The summed E-state index contributed by atoms with van der Waals surface area (Å²) in [7, 11) is 4.78. The van der Waals surface area contributed by atoms with Gasteiger partial charge < -0.3 is 33.5 Å². The van der Waals surface area contributed by atoms with Crippen molar-refractivity contribution in [3.05, 3.63) is 112 Å². The van der Waals surface area contributed by atoms with Gasteiger partial charge in [-0.15, -0.1) is 0 Å². The number of benzene rings is 3. The predicted molar refractivity (Wildman–Crippen MR) is 191 cm³/mol. The summed E-state index contributed by atoms with van der Waals surface area (Å²) in [6.07, 6.45) is -2.67. The van der Waals surface area contributed by atoms with Crippen molar-refractivity contribution in [1.82, 2.24) is 19.5 Å². The number of H-pyrrole nitrogens is 1. The van der Waals surface area contributed by atoms with Crippen LogP contribution in [0.25, 0.3) is 11.2 Å². The molecule has 14 heteroatoms. The number of ether oxygens (including phenoxy) is 6. The van der Waals surface area contributed by atoms with Crippen LogP contribution in [0.2, 0.25) is 0 Å². The van der Waals surface area contributed by atoms with Crippen LogP contribution in [0.5, 0.6) is 11.5 Å². The van der Waals surface area contributed by atoms with Gasteiger partial charge in [-0.05, 0) is 41.0 Å². The van der Waals surface area contributed by atoms with E-state index < -0.39 is 35.7 Å². The number of nitrogens with zero attached hydrogens (tertiary/aromatic N) is 3. The van der Waals surface area contributed by atoms with Crippen molar-refractivity contribution in [1.29, 1.82) is 0 Å². The molecule has 14 nitrogen and oxygen atoms in total. The molecule has 1 amide bonds. The van der Waals surface area contributed by atoms with Gasteiger partial charge in [0.15, 0.2) is 17.4 Å². The third kappa shape index (κ3) is 7.29. The van der Waals surface area contributed by atoms with E-state index in [0.29, 0.717) is 11.5 Å². The SMILES string of the molecule is COCCO[C@H]1[C@@H](O)[C@H](n2cnc3c(=O)[nH]c(NC(=O)C(C)C)nc32)O[C@@H]1COC(c1ccccc1)(c1ccc(OC)cc1)c1ccc(OC)cc1. The molecule has 1 fully saturated rings. The summed E-state index contributed by atoms with van der Waals surface area (Å²) < 4.78 is 37.5. The minimum absolute atomic E-state index is 0.0111. The third-order valence-electron chi connectivity index (χ3n) is 9.02. The second-order valence-electron chi connectivity index (χ2n) is 12.6. The summed E-state index contributed by atoms with van der Waals surface area (Å²) in [6, 6.07) is 25.1. The highest BCUT2D eigenvalue weighted by Gasteiger charge is 2.48. The molecule has 0 saturated carbocycles. The first-order valence-corrected chi connectivity index (χ1v) is 16.9. The number of nitrogens with one attached hydrogen (secondary N) is 2. The average Bonchev–Trinajstić information content (AvgIpc) is 3.73. The fourth-order valence-corrected chi connectivity index (χ4v) is 6.27. The fraction of sp³-hybridized carbons (Fsp3) is 0.368. The molecule has 5 aromatic rings. The molecule has 1 aliphatic heterocycles. The van der Waals surface area contributed by atoms with Crippen molar-refractivity contribution in [2.75, 3.05) is 46.5 Å². The van der Waals surface area contributed by atoms with Crippen LogP contribution in [-0.2, 0) is 29.3 Å². The lowest BCUT2D eigenvalue weighted by atomic mass is 9.80. The van der Waals surface area contributed by atoms with Gasteiger partial charge in [-0.3, -0.25) is 24.5 Å². The first-order chi connectivity index (χ1) is 25.2. The quantitative estimate of drug-likeness (QED) is 0.106. The van der Waals surface area contributed by atoms with Crippen molar-refractivity contribution in [3.63, 3.8) is 0 Å². The van der Waals surface area contributed by atoms with Crippen LogP contribution < -0.4 is 20.3 Å². The van der Waals surface area contributed by atoms with Crippen LogP contribution >= 0.6 is 0 Å². The van der Waals surface area contributed by atoms with Gasteiger partial charge in [-0.1, -0.05) is 68.4 Å². The Bertz CT molecular complexity index is 1950. The number of rotatable bonds is 15. The van der Waals surface area contributed by atoms with Gasteiger partial charge in [0.1, 0.15) is 35.4 Å². The molecular formula is C38H43N5O9. The van der Waals surface area contributed by atoms with E-state index in [1.54, 1.807) is 35.2 Å². The minimum Gasteiger partial charge on any atom is -0.497 e.